The first kappa shape index (κ1) is 32.9. The number of carbonyl (C=O) groups is 2. The summed E-state index contributed by atoms with van der Waals surface area (Å²) in [6, 6.07) is 5.47. The fourth-order valence-electron chi connectivity index (χ4n) is 3.57. The molecule has 0 bridgehead atoms. The second kappa shape index (κ2) is 13.6. The van der Waals surface area contributed by atoms with Crippen molar-refractivity contribution in [3.8, 4) is 0 Å². The molecule has 0 radical (unpaired) electrons. The molecule has 15 heteroatoms. The van der Waals surface area contributed by atoms with E-state index in [0.29, 0.717) is 23.6 Å². The van der Waals surface area contributed by atoms with Crippen LogP contribution in [0.2, 0.25) is 0 Å². The molecule has 0 spiro atoms. The zero-order valence-electron chi connectivity index (χ0n) is 23.8. The third-order valence-corrected chi connectivity index (χ3v) is 6.56. The summed E-state index contributed by atoms with van der Waals surface area (Å²) in [4.78, 5) is 31.5. The molecule has 0 unspecified atom stereocenters. The summed E-state index contributed by atoms with van der Waals surface area (Å²) in [5.74, 6) is -2.95. The highest BCUT2D eigenvalue weighted by atomic mass is 19.4. The molecule has 1 aromatic carbocycles. The zero-order valence-corrected chi connectivity index (χ0v) is 23.8. The van der Waals surface area contributed by atoms with E-state index in [1.54, 1.807) is 13.0 Å². The van der Waals surface area contributed by atoms with Gasteiger partial charge in [0.2, 0.25) is 11.8 Å². The van der Waals surface area contributed by atoms with Crippen molar-refractivity contribution in [2.24, 2.45) is 5.92 Å². The topological polar surface area (TPSA) is 135 Å². The minimum atomic E-state index is -4.28. The summed E-state index contributed by atoms with van der Waals surface area (Å²) < 4.78 is 69.5. The minimum absolute atomic E-state index is 0.117. The Labute approximate surface area is 239 Å². The summed E-state index contributed by atoms with van der Waals surface area (Å²) in [6.07, 6.45) is -0.0901. The normalized spacial score (nSPS) is 15.9. The van der Waals surface area contributed by atoms with E-state index in [-0.39, 0.29) is 43.3 Å². The van der Waals surface area contributed by atoms with Gasteiger partial charge in [-0.05, 0) is 49.5 Å². The number of fused-ring (bicyclic) bond motifs is 1. The molecule has 2 amide bonds. The van der Waals surface area contributed by atoms with E-state index in [0.717, 1.165) is 32.0 Å². The van der Waals surface area contributed by atoms with Crippen molar-refractivity contribution < 1.29 is 40.9 Å². The summed E-state index contributed by atoms with van der Waals surface area (Å²) in [7, 11) is 1.04. The van der Waals surface area contributed by atoms with Gasteiger partial charge in [0.25, 0.3) is 5.91 Å². The van der Waals surface area contributed by atoms with Gasteiger partial charge >= 0.3 is 6.18 Å². The standard InChI is InChI=1S/C19H20F2N6O3.C5H9F3O.C3H6/c1-10-17(27-30-26-10)18(29)23-9-15-24-13-3-2-11(4-14(13)25-15)8-22-16(28)5-12-6-19(20,21)7-12;1-4(2,9-3)5(6,7)8;1-2-3-1/h2-4,12H,5-9H2,1H3,(H,22,28)(H,23,29)(H,24,25);1-3H3;1-3H2. The number of halogens is 5. The maximum atomic E-state index is 12.9. The number of nitrogens with zero attached hydrogens (tertiary/aromatic N) is 3. The number of imidazole rings is 1. The first-order valence-electron chi connectivity index (χ1n) is 13.4. The van der Waals surface area contributed by atoms with Crippen LogP contribution in [-0.4, -0.2) is 56.9 Å². The van der Waals surface area contributed by atoms with Gasteiger partial charge in [0, 0.05) is 32.9 Å². The molecule has 42 heavy (non-hydrogen) atoms. The third kappa shape index (κ3) is 9.74. The van der Waals surface area contributed by atoms with E-state index in [2.05, 4.69) is 40.3 Å². The summed E-state index contributed by atoms with van der Waals surface area (Å²) in [5.41, 5.74) is 0.810. The number of rotatable bonds is 8. The summed E-state index contributed by atoms with van der Waals surface area (Å²) in [5, 5.41) is 12.6. The Bertz CT molecular complexity index is 1340. The largest absolute Gasteiger partial charge is 0.416 e. The number of nitrogens with one attached hydrogen (secondary N) is 3. The first-order valence-corrected chi connectivity index (χ1v) is 13.4. The SMILES string of the molecule is C1CC1.COC(C)(C)C(F)(F)F.Cc1nonc1C(=O)NCc1nc2ccc(CNC(=O)CC3CC(F)(F)C3)cc2[nH]1. The van der Waals surface area contributed by atoms with Crippen LogP contribution in [0.15, 0.2) is 22.8 Å². The second-order valence-corrected chi connectivity index (χ2v) is 10.8. The van der Waals surface area contributed by atoms with Crippen molar-refractivity contribution in [3.05, 3.63) is 41.0 Å². The Balaban J connectivity index is 0.000000338. The van der Waals surface area contributed by atoms with Crippen LogP contribution in [0.4, 0.5) is 22.0 Å². The van der Waals surface area contributed by atoms with Gasteiger partial charge in [-0.3, -0.25) is 9.59 Å². The lowest BCUT2D eigenvalue weighted by Gasteiger charge is -2.34. The quantitative estimate of drug-likeness (QED) is 0.295. The van der Waals surface area contributed by atoms with Gasteiger partial charge in [-0.1, -0.05) is 30.5 Å². The Hall–Kier alpha value is -3.62. The number of amides is 2. The smallest absolute Gasteiger partial charge is 0.369 e. The number of H-pyrrole nitrogens is 1. The number of methoxy groups -OCH3 is 1. The highest BCUT2D eigenvalue weighted by molar-refractivity contribution is 5.92. The average Bonchev–Trinajstić information content (AvgIpc) is 3.63. The van der Waals surface area contributed by atoms with Crippen LogP contribution in [0.3, 0.4) is 0 Å². The zero-order chi connectivity index (χ0) is 31.1. The lowest BCUT2D eigenvalue weighted by Crippen LogP contribution is -2.40. The number of aromatic nitrogens is 4. The fourth-order valence-corrected chi connectivity index (χ4v) is 3.57. The maximum absolute atomic E-state index is 12.9. The van der Waals surface area contributed by atoms with Crippen molar-refractivity contribution in [1.29, 1.82) is 0 Å². The molecule has 0 atom stereocenters. The van der Waals surface area contributed by atoms with Crippen molar-refractivity contribution in [1.82, 2.24) is 30.9 Å². The van der Waals surface area contributed by atoms with Crippen LogP contribution >= 0.6 is 0 Å². The number of alkyl halides is 5. The molecule has 2 aliphatic rings. The maximum Gasteiger partial charge on any atom is 0.416 e. The molecule has 10 nitrogen and oxygen atoms in total. The van der Waals surface area contributed by atoms with E-state index in [1.807, 2.05) is 12.1 Å². The lowest BCUT2D eigenvalue weighted by atomic mass is 9.79. The van der Waals surface area contributed by atoms with Gasteiger partial charge in [-0.15, -0.1) is 0 Å². The molecule has 232 valence electrons. The molecule has 3 N–H and O–H groups in total. The average molecular weight is 603 g/mol. The molecular formula is C27H35F5N6O4. The number of hydrogen-bond donors (Lipinski definition) is 3. The van der Waals surface area contributed by atoms with E-state index in [9.17, 15) is 31.5 Å². The van der Waals surface area contributed by atoms with Crippen LogP contribution < -0.4 is 10.6 Å². The first-order chi connectivity index (χ1) is 19.6. The van der Waals surface area contributed by atoms with Crippen LogP contribution in [0.5, 0.6) is 0 Å². The Morgan fingerprint density at radius 1 is 1.10 bits per heavy atom. The Morgan fingerprint density at radius 2 is 1.76 bits per heavy atom. The van der Waals surface area contributed by atoms with Gasteiger partial charge in [0.15, 0.2) is 11.3 Å². The summed E-state index contributed by atoms with van der Waals surface area (Å²) in [6.45, 7) is 4.04. The lowest BCUT2D eigenvalue weighted by molar-refractivity contribution is -0.255. The van der Waals surface area contributed by atoms with Crippen LogP contribution in [0.1, 0.15) is 79.9 Å². The van der Waals surface area contributed by atoms with Crippen molar-refractivity contribution in [2.45, 2.75) is 90.1 Å². The number of benzene rings is 1. The monoisotopic (exact) mass is 602 g/mol. The number of carbonyl (C=O) groups excluding carboxylic acids is 2. The van der Waals surface area contributed by atoms with E-state index in [1.165, 1.54) is 19.3 Å². The predicted molar refractivity (Wildman–Crippen MR) is 141 cm³/mol. The predicted octanol–water partition coefficient (Wildman–Crippen LogP) is 5.38. The van der Waals surface area contributed by atoms with E-state index < -0.39 is 23.6 Å². The Morgan fingerprint density at radius 3 is 2.26 bits per heavy atom. The van der Waals surface area contributed by atoms with Crippen LogP contribution in [0.25, 0.3) is 11.0 Å². The molecule has 2 aliphatic carbocycles. The van der Waals surface area contributed by atoms with Gasteiger partial charge in [-0.25, -0.2) is 18.4 Å². The third-order valence-electron chi connectivity index (χ3n) is 6.56. The van der Waals surface area contributed by atoms with Crippen LogP contribution in [0, 0.1) is 12.8 Å². The fraction of sp³-hybridized carbons (Fsp3) is 0.593. The van der Waals surface area contributed by atoms with Gasteiger partial charge < -0.3 is 20.4 Å². The Kier molecular flexibility index (Phi) is 10.6. The van der Waals surface area contributed by atoms with Crippen molar-refractivity contribution >= 4 is 22.8 Å². The van der Waals surface area contributed by atoms with E-state index >= 15 is 0 Å². The minimum Gasteiger partial charge on any atom is -0.369 e. The molecule has 2 fully saturated rings. The second-order valence-electron chi connectivity index (χ2n) is 10.8. The number of aryl methyl sites for hydroxylation is 1. The molecule has 2 heterocycles. The number of hydrogen-bond acceptors (Lipinski definition) is 7. The van der Waals surface area contributed by atoms with E-state index in [4.69, 9.17) is 0 Å². The van der Waals surface area contributed by atoms with Crippen molar-refractivity contribution in [2.75, 3.05) is 7.11 Å². The number of aromatic amines is 1. The van der Waals surface area contributed by atoms with Crippen molar-refractivity contribution in [3.63, 3.8) is 0 Å². The molecule has 5 rings (SSSR count). The highest BCUT2D eigenvalue weighted by Gasteiger charge is 2.47. The summed E-state index contributed by atoms with van der Waals surface area (Å²) >= 11 is 0. The van der Waals surface area contributed by atoms with Gasteiger partial charge in [-0.2, -0.15) is 13.2 Å². The molecular weight excluding hydrogens is 567 g/mol. The molecule has 2 saturated carbocycles. The highest BCUT2D eigenvalue weighted by Crippen LogP contribution is 2.43. The number of ether oxygens (including phenoxy) is 1. The van der Waals surface area contributed by atoms with Gasteiger partial charge in [0.1, 0.15) is 11.5 Å². The van der Waals surface area contributed by atoms with Gasteiger partial charge in [0.05, 0.1) is 17.6 Å². The molecule has 3 aromatic rings. The molecule has 0 saturated heterocycles. The molecule has 2 aromatic heterocycles. The molecule has 0 aliphatic heterocycles. The van der Waals surface area contributed by atoms with Crippen LogP contribution in [-0.2, 0) is 22.6 Å².